The predicted molar refractivity (Wildman–Crippen MR) is 104 cm³/mol. The molecule has 1 heterocycles. The van der Waals surface area contributed by atoms with Crippen molar-refractivity contribution in [1.82, 2.24) is 0 Å². The van der Waals surface area contributed by atoms with E-state index in [4.69, 9.17) is 23.2 Å². The fourth-order valence-electron chi connectivity index (χ4n) is 3.94. The standard InChI is InChI=1S/C21H16Cl2FNO2/c22-13-7-8-17(16(23)10-13)25-18-5-2-6-19(26)21(18)15(11-20(25)27)12-3-1-4-14(24)9-12/h1,3-4,7-10,15H,2,5-6,11H2. The van der Waals surface area contributed by atoms with Crippen LogP contribution in [0.2, 0.25) is 10.0 Å². The first-order valence-electron chi connectivity index (χ1n) is 8.75. The maximum Gasteiger partial charge on any atom is 0.232 e. The van der Waals surface area contributed by atoms with Crippen LogP contribution in [0.1, 0.15) is 37.2 Å². The fourth-order valence-corrected chi connectivity index (χ4v) is 4.44. The van der Waals surface area contributed by atoms with Crippen molar-refractivity contribution in [1.29, 1.82) is 0 Å². The number of benzene rings is 2. The monoisotopic (exact) mass is 403 g/mol. The van der Waals surface area contributed by atoms with E-state index in [1.807, 2.05) is 0 Å². The molecule has 0 bridgehead atoms. The molecule has 0 radical (unpaired) electrons. The summed E-state index contributed by atoms with van der Waals surface area (Å²) in [4.78, 5) is 27.4. The molecule has 0 saturated heterocycles. The number of anilines is 1. The summed E-state index contributed by atoms with van der Waals surface area (Å²) in [6, 6.07) is 11.1. The van der Waals surface area contributed by atoms with Crippen molar-refractivity contribution in [3.8, 4) is 0 Å². The second-order valence-electron chi connectivity index (χ2n) is 6.77. The smallest absolute Gasteiger partial charge is 0.232 e. The number of amides is 1. The number of halogens is 3. The van der Waals surface area contributed by atoms with Crippen molar-refractivity contribution in [2.75, 3.05) is 4.90 Å². The topological polar surface area (TPSA) is 37.4 Å². The average Bonchev–Trinajstić information content (AvgIpc) is 2.62. The first kappa shape index (κ1) is 18.2. The Morgan fingerprint density at radius 3 is 2.59 bits per heavy atom. The maximum atomic E-state index is 13.7. The predicted octanol–water partition coefficient (Wildman–Crippen LogP) is 5.66. The number of carbonyl (C=O) groups is 2. The molecule has 138 valence electrons. The highest BCUT2D eigenvalue weighted by atomic mass is 35.5. The quantitative estimate of drug-likeness (QED) is 0.648. The summed E-state index contributed by atoms with van der Waals surface area (Å²) in [6.45, 7) is 0. The van der Waals surface area contributed by atoms with E-state index in [0.29, 0.717) is 51.8 Å². The Morgan fingerprint density at radius 2 is 1.85 bits per heavy atom. The van der Waals surface area contributed by atoms with Crippen molar-refractivity contribution in [3.05, 3.63) is 75.2 Å². The van der Waals surface area contributed by atoms with E-state index in [0.717, 1.165) is 0 Å². The van der Waals surface area contributed by atoms with Crippen molar-refractivity contribution in [2.45, 2.75) is 31.6 Å². The third-order valence-corrected chi connectivity index (χ3v) is 5.61. The van der Waals surface area contributed by atoms with Crippen LogP contribution in [-0.4, -0.2) is 11.7 Å². The van der Waals surface area contributed by atoms with Crippen molar-refractivity contribution >= 4 is 40.6 Å². The molecule has 6 heteroatoms. The Morgan fingerprint density at radius 1 is 1.04 bits per heavy atom. The number of allylic oxidation sites excluding steroid dienone is 2. The van der Waals surface area contributed by atoms with Crippen LogP contribution >= 0.6 is 23.2 Å². The molecular weight excluding hydrogens is 388 g/mol. The molecular formula is C21H16Cl2FNO2. The van der Waals surface area contributed by atoms with Gasteiger partial charge in [-0.05, 0) is 48.7 Å². The molecule has 0 N–H and O–H groups in total. The Bertz CT molecular complexity index is 986. The second-order valence-corrected chi connectivity index (χ2v) is 7.62. The molecule has 2 aromatic rings. The van der Waals surface area contributed by atoms with Gasteiger partial charge in [0.05, 0.1) is 10.7 Å². The lowest BCUT2D eigenvalue weighted by Crippen LogP contribution is -2.40. The van der Waals surface area contributed by atoms with E-state index in [2.05, 4.69) is 0 Å². The molecule has 3 nitrogen and oxygen atoms in total. The van der Waals surface area contributed by atoms with Crippen LogP contribution in [0.4, 0.5) is 10.1 Å². The zero-order chi connectivity index (χ0) is 19.1. The van der Waals surface area contributed by atoms with Gasteiger partial charge in [-0.2, -0.15) is 0 Å². The lowest BCUT2D eigenvalue weighted by molar-refractivity contribution is -0.119. The van der Waals surface area contributed by atoms with Gasteiger partial charge in [-0.3, -0.25) is 14.5 Å². The van der Waals surface area contributed by atoms with E-state index in [9.17, 15) is 14.0 Å². The molecule has 27 heavy (non-hydrogen) atoms. The number of hydrogen-bond acceptors (Lipinski definition) is 2. The van der Waals surface area contributed by atoms with E-state index in [1.54, 1.807) is 35.2 Å². The fraction of sp³-hybridized carbons (Fsp3) is 0.238. The summed E-state index contributed by atoms with van der Waals surface area (Å²) in [5.74, 6) is -0.970. The molecule has 1 atom stereocenters. The highest BCUT2D eigenvalue weighted by Crippen LogP contribution is 2.45. The summed E-state index contributed by atoms with van der Waals surface area (Å²) < 4.78 is 13.7. The first-order valence-corrected chi connectivity index (χ1v) is 9.51. The lowest BCUT2D eigenvalue weighted by Gasteiger charge is -2.38. The van der Waals surface area contributed by atoms with Crippen LogP contribution in [0.3, 0.4) is 0 Å². The number of hydrogen-bond donors (Lipinski definition) is 0. The van der Waals surface area contributed by atoms with Crippen molar-refractivity contribution in [3.63, 3.8) is 0 Å². The van der Waals surface area contributed by atoms with Gasteiger partial charge in [-0.25, -0.2) is 4.39 Å². The first-order chi connectivity index (χ1) is 13.0. The van der Waals surface area contributed by atoms with Crippen LogP contribution in [0, 0.1) is 5.82 Å². The second kappa shape index (κ2) is 7.10. The Labute approximate surface area is 166 Å². The van der Waals surface area contributed by atoms with Gasteiger partial charge >= 0.3 is 0 Å². The number of ketones is 1. The lowest BCUT2D eigenvalue weighted by atomic mass is 9.77. The molecule has 0 aromatic heterocycles. The summed E-state index contributed by atoms with van der Waals surface area (Å²) in [7, 11) is 0. The highest BCUT2D eigenvalue weighted by Gasteiger charge is 2.40. The molecule has 1 amide bonds. The van der Waals surface area contributed by atoms with Gasteiger partial charge in [0.25, 0.3) is 0 Å². The average molecular weight is 404 g/mol. The number of Topliss-reactive ketones (excluding diaryl/α,β-unsaturated/α-hetero) is 1. The van der Waals surface area contributed by atoms with Crippen LogP contribution < -0.4 is 4.90 Å². The van der Waals surface area contributed by atoms with Gasteiger partial charge < -0.3 is 0 Å². The summed E-state index contributed by atoms with van der Waals surface area (Å²) in [5.41, 5.74) is 2.43. The van der Waals surface area contributed by atoms with Gasteiger partial charge in [-0.15, -0.1) is 0 Å². The summed E-state index contributed by atoms with van der Waals surface area (Å²) in [5, 5.41) is 0.824. The Kier molecular flexibility index (Phi) is 4.79. The van der Waals surface area contributed by atoms with Gasteiger partial charge in [0.1, 0.15) is 5.82 Å². The third kappa shape index (κ3) is 3.28. The van der Waals surface area contributed by atoms with Crippen molar-refractivity contribution in [2.24, 2.45) is 0 Å². The summed E-state index contributed by atoms with van der Waals surface area (Å²) in [6.07, 6.45) is 1.79. The molecule has 0 fully saturated rings. The van der Waals surface area contributed by atoms with E-state index >= 15 is 0 Å². The van der Waals surface area contributed by atoms with Gasteiger partial charge in [0.2, 0.25) is 5.91 Å². The summed E-state index contributed by atoms with van der Waals surface area (Å²) >= 11 is 12.3. The Balaban J connectivity index is 1.88. The number of carbonyl (C=O) groups excluding carboxylic acids is 2. The minimum absolute atomic E-state index is 0.00750. The molecule has 2 aliphatic rings. The zero-order valence-corrected chi connectivity index (χ0v) is 15.9. The van der Waals surface area contributed by atoms with Gasteiger partial charge in [0.15, 0.2) is 5.78 Å². The molecule has 4 rings (SSSR count). The largest absolute Gasteiger partial charge is 0.294 e. The molecule has 2 aromatic carbocycles. The van der Waals surface area contributed by atoms with Crippen LogP contribution in [0.5, 0.6) is 0 Å². The van der Waals surface area contributed by atoms with E-state index in [1.165, 1.54) is 12.1 Å². The minimum atomic E-state index is -0.432. The van der Waals surface area contributed by atoms with E-state index in [-0.39, 0.29) is 23.9 Å². The normalized spacial score (nSPS) is 20.1. The third-order valence-electron chi connectivity index (χ3n) is 5.08. The SMILES string of the molecule is O=C1CCCC2=C1C(c1cccc(F)c1)CC(=O)N2c1ccc(Cl)cc1Cl. The van der Waals surface area contributed by atoms with Gasteiger partial charge in [-0.1, -0.05) is 35.3 Å². The van der Waals surface area contributed by atoms with Crippen LogP contribution in [-0.2, 0) is 9.59 Å². The van der Waals surface area contributed by atoms with Gasteiger partial charge in [0, 0.05) is 35.1 Å². The van der Waals surface area contributed by atoms with Crippen LogP contribution in [0.25, 0.3) is 0 Å². The molecule has 1 aliphatic carbocycles. The molecule has 0 saturated carbocycles. The zero-order valence-electron chi connectivity index (χ0n) is 14.3. The number of nitrogens with zero attached hydrogens (tertiary/aromatic N) is 1. The minimum Gasteiger partial charge on any atom is -0.294 e. The maximum absolute atomic E-state index is 13.7. The van der Waals surface area contributed by atoms with E-state index < -0.39 is 5.92 Å². The number of rotatable bonds is 2. The van der Waals surface area contributed by atoms with Crippen LogP contribution in [0.15, 0.2) is 53.7 Å². The Hall–Kier alpha value is -2.17. The highest BCUT2D eigenvalue weighted by molar-refractivity contribution is 6.37. The molecule has 0 spiro atoms. The molecule has 1 aliphatic heterocycles. The van der Waals surface area contributed by atoms with Crippen molar-refractivity contribution < 1.29 is 14.0 Å². The molecule has 1 unspecified atom stereocenters.